The molecule has 4 rings (SSSR count). The molecular weight excluding hydrogens is 350 g/mol. The fraction of sp³-hybridized carbons (Fsp3) is 0.364. The van der Waals surface area contributed by atoms with E-state index >= 15 is 0 Å². The maximum absolute atomic E-state index is 12.8. The molecule has 3 heterocycles. The number of aryl methyl sites for hydroxylation is 2. The third-order valence-corrected chi connectivity index (χ3v) is 5.39. The van der Waals surface area contributed by atoms with E-state index in [1.54, 1.807) is 18.6 Å². The number of rotatable bonds is 5. The van der Waals surface area contributed by atoms with Crippen LogP contribution >= 0.6 is 0 Å². The maximum atomic E-state index is 12.8. The zero-order valence-corrected chi connectivity index (χ0v) is 16.2. The number of carbonyl (C=O) groups is 1. The molecule has 144 valence electrons. The molecule has 1 aliphatic heterocycles. The number of carbonyl (C=O) groups excluding carboxylic acids is 1. The van der Waals surface area contributed by atoms with Gasteiger partial charge in [-0.25, -0.2) is 9.97 Å². The van der Waals surface area contributed by atoms with E-state index < -0.39 is 0 Å². The summed E-state index contributed by atoms with van der Waals surface area (Å²) in [6.45, 7) is 3.48. The first-order chi connectivity index (χ1) is 13.7. The Bertz CT molecular complexity index is 937. The average molecular weight is 375 g/mol. The molecule has 1 aromatic carbocycles. The Hall–Kier alpha value is -3.02. The van der Waals surface area contributed by atoms with Crippen molar-refractivity contribution >= 4 is 5.91 Å². The van der Waals surface area contributed by atoms with Crippen LogP contribution in [0.4, 0.5) is 0 Å². The van der Waals surface area contributed by atoms with Gasteiger partial charge in [0.1, 0.15) is 5.82 Å². The Labute approximate surface area is 165 Å². The Balaban J connectivity index is 1.47. The van der Waals surface area contributed by atoms with E-state index in [1.807, 2.05) is 40.8 Å². The lowest BCUT2D eigenvalue weighted by molar-refractivity contribution is -0.132. The average Bonchev–Trinajstić information content (AvgIpc) is 3.18. The monoisotopic (exact) mass is 375 g/mol. The summed E-state index contributed by atoms with van der Waals surface area (Å²) in [6, 6.07) is 10.2. The molecule has 1 amide bonds. The first kappa shape index (κ1) is 18.3. The smallest absolute Gasteiger partial charge is 0.222 e. The van der Waals surface area contributed by atoms with Crippen molar-refractivity contribution in [3.8, 4) is 5.82 Å². The quantitative estimate of drug-likeness (QED) is 0.686. The van der Waals surface area contributed by atoms with E-state index in [9.17, 15) is 4.79 Å². The van der Waals surface area contributed by atoms with Crippen molar-refractivity contribution in [3.05, 3.63) is 72.2 Å². The zero-order chi connectivity index (χ0) is 19.3. The van der Waals surface area contributed by atoms with Gasteiger partial charge in [-0.3, -0.25) is 14.3 Å². The lowest BCUT2D eigenvalue weighted by atomic mass is 9.93. The number of amides is 1. The van der Waals surface area contributed by atoms with Gasteiger partial charge >= 0.3 is 0 Å². The van der Waals surface area contributed by atoms with Crippen molar-refractivity contribution in [3.63, 3.8) is 0 Å². The van der Waals surface area contributed by atoms with Gasteiger partial charge in [0.15, 0.2) is 5.82 Å². The van der Waals surface area contributed by atoms with Crippen LogP contribution in [0.1, 0.15) is 42.3 Å². The van der Waals surface area contributed by atoms with Crippen molar-refractivity contribution < 1.29 is 4.79 Å². The van der Waals surface area contributed by atoms with Crippen LogP contribution in [0.15, 0.2) is 55.1 Å². The van der Waals surface area contributed by atoms with Crippen molar-refractivity contribution in [1.82, 2.24) is 24.4 Å². The predicted octanol–water partition coefficient (Wildman–Crippen LogP) is 3.31. The molecule has 1 atom stereocenters. The molecule has 1 aliphatic rings. The largest absolute Gasteiger partial charge is 0.342 e. The van der Waals surface area contributed by atoms with Crippen LogP contribution in [0, 0.1) is 6.92 Å². The van der Waals surface area contributed by atoms with Gasteiger partial charge in [0.2, 0.25) is 5.91 Å². The molecule has 0 spiro atoms. The second-order valence-electron chi connectivity index (χ2n) is 7.27. The lowest BCUT2D eigenvalue weighted by Gasteiger charge is -2.33. The van der Waals surface area contributed by atoms with Gasteiger partial charge < -0.3 is 4.90 Å². The van der Waals surface area contributed by atoms with Gasteiger partial charge in [-0.05, 0) is 31.7 Å². The highest BCUT2D eigenvalue weighted by Crippen LogP contribution is 2.29. The molecule has 0 N–H and O–H groups in total. The minimum absolute atomic E-state index is 0.194. The minimum Gasteiger partial charge on any atom is -0.342 e. The Morgan fingerprint density at radius 3 is 2.71 bits per heavy atom. The van der Waals surface area contributed by atoms with Crippen LogP contribution in [0.5, 0.6) is 0 Å². The summed E-state index contributed by atoms with van der Waals surface area (Å²) >= 11 is 0. The summed E-state index contributed by atoms with van der Waals surface area (Å²) in [7, 11) is 0. The summed E-state index contributed by atoms with van der Waals surface area (Å²) in [5, 5.41) is 0. The number of aromatic nitrogens is 4. The van der Waals surface area contributed by atoms with E-state index in [2.05, 4.69) is 27.1 Å². The topological polar surface area (TPSA) is 63.9 Å². The first-order valence-electron chi connectivity index (χ1n) is 9.85. The summed E-state index contributed by atoms with van der Waals surface area (Å²) in [6.07, 6.45) is 10.5. The number of hydrogen-bond donors (Lipinski definition) is 0. The second kappa shape index (κ2) is 8.33. The van der Waals surface area contributed by atoms with Crippen molar-refractivity contribution in [2.45, 2.75) is 38.5 Å². The number of imidazole rings is 1. The molecule has 6 heteroatoms. The van der Waals surface area contributed by atoms with E-state index in [-0.39, 0.29) is 11.8 Å². The Morgan fingerprint density at radius 1 is 1.11 bits per heavy atom. The molecule has 2 aromatic heterocycles. The van der Waals surface area contributed by atoms with Crippen LogP contribution in [0.25, 0.3) is 5.82 Å². The zero-order valence-electron chi connectivity index (χ0n) is 16.2. The first-order valence-corrected chi connectivity index (χ1v) is 9.85. The molecule has 1 unspecified atom stereocenters. The number of hydrogen-bond acceptors (Lipinski definition) is 4. The highest BCUT2D eigenvalue weighted by molar-refractivity contribution is 5.76. The van der Waals surface area contributed by atoms with Gasteiger partial charge in [-0.2, -0.15) is 0 Å². The van der Waals surface area contributed by atoms with E-state index in [0.717, 1.165) is 43.1 Å². The molecule has 0 radical (unpaired) electrons. The second-order valence-corrected chi connectivity index (χ2v) is 7.27. The molecule has 1 fully saturated rings. The third-order valence-electron chi connectivity index (χ3n) is 5.39. The van der Waals surface area contributed by atoms with Gasteiger partial charge in [-0.1, -0.05) is 30.3 Å². The molecule has 28 heavy (non-hydrogen) atoms. The fourth-order valence-electron chi connectivity index (χ4n) is 3.90. The number of likely N-dealkylation sites (tertiary alicyclic amines) is 1. The van der Waals surface area contributed by atoms with Gasteiger partial charge in [-0.15, -0.1) is 0 Å². The standard InChI is InChI=1S/C22H25N5O/c1-17-23-13-15-27(17)22-21(24-11-12-25-22)19-8-5-14-26(16-19)20(28)10-9-18-6-3-2-4-7-18/h2-4,6-7,11-13,15,19H,5,8-10,14,16H2,1H3. The molecule has 0 aliphatic carbocycles. The molecule has 0 bridgehead atoms. The third kappa shape index (κ3) is 3.96. The van der Waals surface area contributed by atoms with Crippen LogP contribution < -0.4 is 0 Å². The number of piperidine rings is 1. The fourth-order valence-corrected chi connectivity index (χ4v) is 3.90. The summed E-state index contributed by atoms with van der Waals surface area (Å²) in [4.78, 5) is 28.3. The highest BCUT2D eigenvalue weighted by Gasteiger charge is 2.28. The Kier molecular flexibility index (Phi) is 5.46. The lowest BCUT2D eigenvalue weighted by Crippen LogP contribution is -2.39. The summed E-state index contributed by atoms with van der Waals surface area (Å²) in [5.41, 5.74) is 2.15. The molecule has 0 saturated carbocycles. The van der Waals surface area contributed by atoms with E-state index in [1.165, 1.54) is 5.56 Å². The van der Waals surface area contributed by atoms with Crippen LogP contribution in [-0.4, -0.2) is 43.4 Å². The van der Waals surface area contributed by atoms with Crippen LogP contribution in [-0.2, 0) is 11.2 Å². The van der Waals surface area contributed by atoms with Gasteiger partial charge in [0.25, 0.3) is 0 Å². The van der Waals surface area contributed by atoms with Crippen LogP contribution in [0.2, 0.25) is 0 Å². The Morgan fingerprint density at radius 2 is 1.93 bits per heavy atom. The molecule has 6 nitrogen and oxygen atoms in total. The molecule has 1 saturated heterocycles. The van der Waals surface area contributed by atoms with Crippen molar-refractivity contribution in [1.29, 1.82) is 0 Å². The van der Waals surface area contributed by atoms with Crippen molar-refractivity contribution in [2.24, 2.45) is 0 Å². The van der Waals surface area contributed by atoms with Gasteiger partial charge in [0, 0.05) is 50.2 Å². The minimum atomic E-state index is 0.194. The van der Waals surface area contributed by atoms with Crippen molar-refractivity contribution in [2.75, 3.05) is 13.1 Å². The maximum Gasteiger partial charge on any atom is 0.222 e. The summed E-state index contributed by atoms with van der Waals surface area (Å²) < 4.78 is 1.97. The molecule has 3 aromatic rings. The SMILES string of the molecule is Cc1nccn1-c1nccnc1C1CCCN(C(=O)CCc2ccccc2)C1. The number of benzene rings is 1. The molecular formula is C22H25N5O. The van der Waals surface area contributed by atoms with E-state index in [0.29, 0.717) is 13.0 Å². The number of nitrogens with zero attached hydrogens (tertiary/aromatic N) is 5. The summed E-state index contributed by atoms with van der Waals surface area (Å²) in [5.74, 6) is 2.12. The predicted molar refractivity (Wildman–Crippen MR) is 107 cm³/mol. The van der Waals surface area contributed by atoms with E-state index in [4.69, 9.17) is 0 Å². The normalized spacial score (nSPS) is 16.9. The highest BCUT2D eigenvalue weighted by atomic mass is 16.2. The van der Waals surface area contributed by atoms with Crippen LogP contribution in [0.3, 0.4) is 0 Å². The van der Waals surface area contributed by atoms with Gasteiger partial charge in [0.05, 0.1) is 5.69 Å².